The van der Waals surface area contributed by atoms with Crippen LogP contribution in [0.1, 0.15) is 5.56 Å². The Balaban J connectivity index is 1.27. The standard InChI is InChI=1S/C24H21FN4O3S/c25-19-5-3-18(4-6-19)24(15-29-12-11-26-16-29)31-14-21(32-24)13-30-20-7-1-17(2-8-20)22-9-10-27-23(33)28-22/h1-12,16,21H,13-15H2,(H,27,28,33). The lowest BCUT2D eigenvalue weighted by Gasteiger charge is -2.29. The van der Waals surface area contributed by atoms with Crippen molar-refractivity contribution in [1.29, 1.82) is 0 Å². The Morgan fingerprint density at radius 3 is 2.70 bits per heavy atom. The summed E-state index contributed by atoms with van der Waals surface area (Å²) in [6.07, 6.45) is 6.68. The second kappa shape index (κ2) is 9.22. The van der Waals surface area contributed by atoms with Gasteiger partial charge in [0.25, 0.3) is 0 Å². The molecule has 2 aromatic heterocycles. The Labute approximate surface area is 194 Å². The first-order chi connectivity index (χ1) is 16.1. The summed E-state index contributed by atoms with van der Waals surface area (Å²) >= 11 is 5.08. The molecule has 1 N–H and O–H groups in total. The van der Waals surface area contributed by atoms with Crippen LogP contribution in [0.2, 0.25) is 0 Å². The molecule has 3 heterocycles. The molecule has 0 radical (unpaired) electrons. The van der Waals surface area contributed by atoms with E-state index in [1.165, 1.54) is 12.1 Å². The molecule has 2 atom stereocenters. The second-order valence-electron chi connectivity index (χ2n) is 7.66. The molecule has 2 aromatic carbocycles. The molecule has 5 rings (SSSR count). The maximum Gasteiger partial charge on any atom is 0.214 e. The molecular formula is C24H21FN4O3S. The largest absolute Gasteiger partial charge is 0.491 e. The van der Waals surface area contributed by atoms with Crippen molar-refractivity contribution in [1.82, 2.24) is 19.5 Å². The highest BCUT2D eigenvalue weighted by atomic mass is 32.1. The van der Waals surface area contributed by atoms with Crippen molar-refractivity contribution in [3.63, 3.8) is 0 Å². The van der Waals surface area contributed by atoms with Gasteiger partial charge in [0.15, 0.2) is 4.77 Å². The van der Waals surface area contributed by atoms with Crippen LogP contribution in [0.4, 0.5) is 4.39 Å². The number of nitrogens with one attached hydrogen (secondary N) is 1. The predicted octanol–water partition coefficient (Wildman–Crippen LogP) is 4.49. The minimum atomic E-state index is -1.05. The third-order valence-electron chi connectivity index (χ3n) is 5.35. The van der Waals surface area contributed by atoms with Gasteiger partial charge in [-0.1, -0.05) is 12.1 Å². The first kappa shape index (κ1) is 21.4. The monoisotopic (exact) mass is 464 g/mol. The second-order valence-corrected chi connectivity index (χ2v) is 8.05. The van der Waals surface area contributed by atoms with Crippen molar-refractivity contribution < 1.29 is 18.6 Å². The highest BCUT2D eigenvalue weighted by molar-refractivity contribution is 7.71. The van der Waals surface area contributed by atoms with Gasteiger partial charge in [0.05, 0.1) is 25.2 Å². The molecule has 9 heteroatoms. The molecule has 2 unspecified atom stereocenters. The average Bonchev–Trinajstić information content (AvgIpc) is 3.49. The molecule has 0 saturated carbocycles. The number of imidazole rings is 1. The Bertz CT molecular complexity index is 1260. The van der Waals surface area contributed by atoms with Gasteiger partial charge in [-0.15, -0.1) is 0 Å². The van der Waals surface area contributed by atoms with Gasteiger partial charge in [-0.05, 0) is 54.7 Å². The van der Waals surface area contributed by atoms with E-state index in [0.717, 1.165) is 16.8 Å². The Morgan fingerprint density at radius 2 is 1.97 bits per heavy atom. The summed E-state index contributed by atoms with van der Waals surface area (Å²) in [6, 6.07) is 15.6. The summed E-state index contributed by atoms with van der Waals surface area (Å²) in [5, 5.41) is 0. The zero-order chi connectivity index (χ0) is 22.7. The van der Waals surface area contributed by atoms with Crippen molar-refractivity contribution in [3.8, 4) is 17.0 Å². The third-order valence-corrected chi connectivity index (χ3v) is 5.56. The van der Waals surface area contributed by atoms with Crippen LogP contribution in [0, 0.1) is 10.6 Å². The van der Waals surface area contributed by atoms with Crippen LogP contribution in [-0.4, -0.2) is 38.8 Å². The lowest BCUT2D eigenvalue weighted by Crippen LogP contribution is -2.34. The van der Waals surface area contributed by atoms with E-state index in [9.17, 15) is 4.39 Å². The van der Waals surface area contributed by atoms with Gasteiger partial charge in [-0.2, -0.15) is 0 Å². The quantitative estimate of drug-likeness (QED) is 0.406. The van der Waals surface area contributed by atoms with Crippen LogP contribution >= 0.6 is 12.2 Å². The molecule has 33 heavy (non-hydrogen) atoms. The van der Waals surface area contributed by atoms with Crippen LogP contribution in [0.3, 0.4) is 0 Å². The van der Waals surface area contributed by atoms with Crippen LogP contribution in [0.15, 0.2) is 79.5 Å². The average molecular weight is 465 g/mol. The van der Waals surface area contributed by atoms with Crippen molar-refractivity contribution >= 4 is 12.2 Å². The number of hydrogen-bond donors (Lipinski definition) is 1. The Morgan fingerprint density at radius 1 is 1.15 bits per heavy atom. The van der Waals surface area contributed by atoms with Gasteiger partial charge < -0.3 is 23.8 Å². The normalized spacial score (nSPS) is 20.1. The number of benzene rings is 2. The maximum atomic E-state index is 13.5. The maximum absolute atomic E-state index is 13.5. The van der Waals surface area contributed by atoms with Gasteiger partial charge in [0, 0.05) is 29.7 Å². The number of rotatable bonds is 7. The van der Waals surface area contributed by atoms with E-state index >= 15 is 0 Å². The molecule has 1 fully saturated rings. The van der Waals surface area contributed by atoms with Crippen LogP contribution in [0.5, 0.6) is 5.75 Å². The fourth-order valence-corrected chi connectivity index (χ4v) is 3.91. The Kier molecular flexibility index (Phi) is 5.99. The van der Waals surface area contributed by atoms with E-state index < -0.39 is 5.79 Å². The minimum Gasteiger partial charge on any atom is -0.491 e. The zero-order valence-corrected chi connectivity index (χ0v) is 18.4. The molecule has 1 aliphatic rings. The number of nitrogens with zero attached hydrogens (tertiary/aromatic N) is 3. The summed E-state index contributed by atoms with van der Waals surface area (Å²) in [5.74, 6) is -0.660. The summed E-state index contributed by atoms with van der Waals surface area (Å²) in [6.45, 7) is 1.04. The fraction of sp³-hybridized carbons (Fsp3) is 0.208. The van der Waals surface area contributed by atoms with Gasteiger partial charge in [0.1, 0.15) is 24.3 Å². The number of aromatic amines is 1. The number of H-pyrrole nitrogens is 1. The molecule has 7 nitrogen and oxygen atoms in total. The van der Waals surface area contributed by atoms with E-state index in [1.807, 2.05) is 41.1 Å². The highest BCUT2D eigenvalue weighted by Gasteiger charge is 2.44. The molecule has 0 amide bonds. The lowest BCUT2D eigenvalue weighted by atomic mass is 10.1. The van der Waals surface area contributed by atoms with E-state index in [4.69, 9.17) is 26.4 Å². The lowest BCUT2D eigenvalue weighted by molar-refractivity contribution is -0.189. The van der Waals surface area contributed by atoms with E-state index in [2.05, 4.69) is 15.0 Å². The van der Waals surface area contributed by atoms with Gasteiger partial charge in [-0.25, -0.2) is 14.4 Å². The van der Waals surface area contributed by atoms with Gasteiger partial charge in [0.2, 0.25) is 5.79 Å². The molecular weight excluding hydrogens is 443 g/mol. The SMILES string of the molecule is Fc1ccc(C2(Cn3ccnc3)OCC(COc3ccc(-c4cc[nH]c(=S)n4)cc3)O2)cc1. The van der Waals surface area contributed by atoms with Crippen molar-refractivity contribution in [2.75, 3.05) is 13.2 Å². The molecule has 168 valence electrons. The number of halogens is 1. The number of aromatic nitrogens is 4. The van der Waals surface area contributed by atoms with E-state index in [0.29, 0.717) is 30.3 Å². The van der Waals surface area contributed by atoms with Gasteiger partial charge >= 0.3 is 0 Å². The zero-order valence-electron chi connectivity index (χ0n) is 17.6. The van der Waals surface area contributed by atoms with Crippen molar-refractivity contribution in [2.24, 2.45) is 0 Å². The molecule has 1 saturated heterocycles. The van der Waals surface area contributed by atoms with Crippen molar-refractivity contribution in [2.45, 2.75) is 18.4 Å². The first-order valence-electron chi connectivity index (χ1n) is 10.4. The van der Waals surface area contributed by atoms with Crippen LogP contribution < -0.4 is 4.74 Å². The summed E-state index contributed by atoms with van der Waals surface area (Å²) in [4.78, 5) is 11.3. The molecule has 4 aromatic rings. The van der Waals surface area contributed by atoms with E-state index in [-0.39, 0.29) is 11.9 Å². The van der Waals surface area contributed by atoms with Crippen LogP contribution in [0.25, 0.3) is 11.3 Å². The third kappa shape index (κ3) is 4.85. The molecule has 1 aliphatic heterocycles. The number of ether oxygens (including phenoxy) is 3. The predicted molar refractivity (Wildman–Crippen MR) is 121 cm³/mol. The highest BCUT2D eigenvalue weighted by Crippen LogP contribution is 2.36. The smallest absolute Gasteiger partial charge is 0.214 e. The summed E-state index contributed by atoms with van der Waals surface area (Å²) < 4.78 is 34.2. The molecule has 0 aliphatic carbocycles. The topological polar surface area (TPSA) is 74.2 Å². The van der Waals surface area contributed by atoms with Crippen molar-refractivity contribution in [3.05, 3.63) is 95.7 Å². The number of hydrogen-bond acceptors (Lipinski definition) is 6. The summed E-state index contributed by atoms with van der Waals surface area (Å²) in [7, 11) is 0. The van der Waals surface area contributed by atoms with Crippen LogP contribution in [-0.2, 0) is 21.8 Å². The van der Waals surface area contributed by atoms with Gasteiger partial charge in [-0.3, -0.25) is 0 Å². The fourth-order valence-electron chi connectivity index (χ4n) is 3.74. The minimum absolute atomic E-state index is 0.299. The molecule has 0 bridgehead atoms. The first-order valence-corrected chi connectivity index (χ1v) is 10.8. The summed E-state index contributed by atoms with van der Waals surface area (Å²) in [5.41, 5.74) is 2.47. The Hall–Kier alpha value is -3.40. The van der Waals surface area contributed by atoms with E-state index in [1.54, 1.807) is 30.9 Å². The molecule has 0 spiro atoms.